The maximum Gasteiger partial charge on any atom is 0.251 e. The summed E-state index contributed by atoms with van der Waals surface area (Å²) in [5.41, 5.74) is 2.94. The first-order valence-corrected chi connectivity index (χ1v) is 12.7. The van der Waals surface area contributed by atoms with E-state index >= 15 is 0 Å². The van der Waals surface area contributed by atoms with Crippen LogP contribution >= 0.6 is 0 Å². The fourth-order valence-electron chi connectivity index (χ4n) is 5.89. The van der Waals surface area contributed by atoms with E-state index < -0.39 is 18.4 Å². The second kappa shape index (κ2) is 11.9. The molecule has 8 unspecified atom stereocenters. The average molecular weight is 473 g/mol. The molecule has 3 rings (SSSR count). The van der Waals surface area contributed by atoms with Crippen LogP contribution in [0, 0.1) is 11.8 Å². The molecule has 0 aromatic heterocycles. The number of carbonyl (C=O) groups is 2. The smallest absolute Gasteiger partial charge is 0.251 e. The fraction of sp³-hybridized carbons (Fsp3) is 0.917. The van der Waals surface area contributed by atoms with Crippen LogP contribution in [-0.4, -0.2) is 84.4 Å². The topological polar surface area (TPSA) is 73.9 Å². The van der Waals surface area contributed by atoms with Gasteiger partial charge in [0, 0.05) is 50.6 Å². The predicted molar refractivity (Wildman–Crippen MR) is 123 cm³/mol. The summed E-state index contributed by atoms with van der Waals surface area (Å²) in [5, 5.41) is 2.99. The van der Waals surface area contributed by atoms with Crippen LogP contribution in [-0.2, 0) is 14.4 Å². The van der Waals surface area contributed by atoms with Crippen molar-refractivity contribution in [1.29, 1.82) is 0 Å². The molecule has 2 amide bonds. The molecule has 1 heterocycles. The first-order chi connectivity index (χ1) is 15.7. The third-order valence-corrected chi connectivity index (χ3v) is 7.94. The van der Waals surface area contributed by atoms with Gasteiger partial charge in [-0.05, 0) is 57.9 Å². The summed E-state index contributed by atoms with van der Waals surface area (Å²) in [6, 6.07) is -0.357. The van der Waals surface area contributed by atoms with Crippen LogP contribution in [0.4, 0.5) is 8.78 Å². The Kier molecular flexibility index (Phi) is 9.47. The number of halogens is 2. The lowest BCUT2D eigenvalue weighted by Crippen LogP contribution is -2.59. The Hall–Kier alpha value is -1.32. The second-order valence-electron chi connectivity index (χ2n) is 10.1. The first kappa shape index (κ1) is 26.3. The molecule has 8 atom stereocenters. The SMILES string of the molecule is CCN(CCN(CC)C1CC(F)CC(NC(=O)C2CC3C(F)CCC(C)C3NO2)C1)C(C)=O. The van der Waals surface area contributed by atoms with Crippen molar-refractivity contribution < 1.29 is 23.2 Å². The van der Waals surface area contributed by atoms with Crippen molar-refractivity contribution in [3.63, 3.8) is 0 Å². The van der Waals surface area contributed by atoms with E-state index in [1.165, 1.54) is 0 Å². The Balaban J connectivity index is 1.55. The number of carbonyl (C=O) groups excluding carboxylic acids is 2. The van der Waals surface area contributed by atoms with E-state index in [1.807, 2.05) is 13.8 Å². The Morgan fingerprint density at radius 3 is 2.48 bits per heavy atom. The van der Waals surface area contributed by atoms with Crippen molar-refractivity contribution in [2.75, 3.05) is 26.2 Å². The highest BCUT2D eigenvalue weighted by atomic mass is 19.1. The van der Waals surface area contributed by atoms with Gasteiger partial charge in [0.05, 0.1) is 0 Å². The minimum absolute atomic E-state index is 0.00101. The van der Waals surface area contributed by atoms with E-state index in [2.05, 4.69) is 22.6 Å². The number of hydroxylamine groups is 1. The van der Waals surface area contributed by atoms with Gasteiger partial charge in [-0.3, -0.25) is 19.3 Å². The van der Waals surface area contributed by atoms with Crippen molar-refractivity contribution in [3.8, 4) is 0 Å². The fourth-order valence-corrected chi connectivity index (χ4v) is 5.89. The summed E-state index contributed by atoms with van der Waals surface area (Å²) >= 11 is 0. The van der Waals surface area contributed by atoms with Gasteiger partial charge >= 0.3 is 0 Å². The third-order valence-electron chi connectivity index (χ3n) is 7.94. The molecular formula is C24H42F2N4O3. The Labute approximate surface area is 196 Å². The van der Waals surface area contributed by atoms with Gasteiger partial charge in [0.25, 0.3) is 5.91 Å². The van der Waals surface area contributed by atoms with Gasteiger partial charge in [-0.15, -0.1) is 0 Å². The molecule has 2 N–H and O–H groups in total. The van der Waals surface area contributed by atoms with E-state index in [0.29, 0.717) is 51.2 Å². The number of alkyl halides is 2. The number of amides is 2. The maximum absolute atomic E-state index is 14.6. The molecule has 9 heteroatoms. The van der Waals surface area contributed by atoms with Crippen molar-refractivity contribution >= 4 is 11.8 Å². The van der Waals surface area contributed by atoms with Crippen molar-refractivity contribution in [3.05, 3.63) is 0 Å². The van der Waals surface area contributed by atoms with Crippen molar-refractivity contribution in [2.24, 2.45) is 11.8 Å². The largest absolute Gasteiger partial charge is 0.351 e. The third kappa shape index (κ3) is 6.63. The number of rotatable bonds is 8. The number of hydrogen-bond donors (Lipinski definition) is 2. The lowest BCUT2D eigenvalue weighted by molar-refractivity contribution is -0.164. The molecule has 1 saturated heterocycles. The van der Waals surface area contributed by atoms with E-state index in [1.54, 1.807) is 11.8 Å². The number of likely N-dealkylation sites (N-methyl/N-ethyl adjacent to an activating group) is 2. The average Bonchev–Trinajstić information content (AvgIpc) is 2.78. The molecule has 33 heavy (non-hydrogen) atoms. The van der Waals surface area contributed by atoms with Gasteiger partial charge in [0.1, 0.15) is 12.3 Å². The lowest BCUT2D eigenvalue weighted by Gasteiger charge is -2.44. The maximum atomic E-state index is 14.6. The zero-order valence-electron chi connectivity index (χ0n) is 20.6. The minimum Gasteiger partial charge on any atom is -0.351 e. The van der Waals surface area contributed by atoms with Gasteiger partial charge in [-0.1, -0.05) is 13.8 Å². The molecular weight excluding hydrogens is 430 g/mol. The van der Waals surface area contributed by atoms with E-state index in [9.17, 15) is 18.4 Å². The van der Waals surface area contributed by atoms with Crippen molar-refractivity contribution in [1.82, 2.24) is 20.6 Å². The summed E-state index contributed by atoms with van der Waals surface area (Å²) in [6.07, 6.45) is 0.368. The van der Waals surface area contributed by atoms with Crippen LogP contribution in [0.15, 0.2) is 0 Å². The van der Waals surface area contributed by atoms with Gasteiger partial charge in [0.2, 0.25) is 5.91 Å². The molecule has 3 aliphatic rings. The summed E-state index contributed by atoms with van der Waals surface area (Å²) < 4.78 is 29.2. The Bertz CT molecular complexity index is 670. The normalized spacial score (nSPS) is 36.8. The van der Waals surface area contributed by atoms with Crippen LogP contribution in [0.5, 0.6) is 0 Å². The molecule has 3 fully saturated rings. The van der Waals surface area contributed by atoms with Gasteiger partial charge < -0.3 is 10.2 Å². The van der Waals surface area contributed by atoms with Crippen molar-refractivity contribution in [2.45, 2.75) is 103 Å². The summed E-state index contributed by atoms with van der Waals surface area (Å²) in [6.45, 7) is 10.3. The van der Waals surface area contributed by atoms with E-state index in [-0.39, 0.29) is 42.3 Å². The molecule has 2 saturated carbocycles. The van der Waals surface area contributed by atoms with Crippen LogP contribution in [0.3, 0.4) is 0 Å². The number of hydrogen-bond acceptors (Lipinski definition) is 5. The molecule has 0 bridgehead atoms. The van der Waals surface area contributed by atoms with Gasteiger partial charge in [-0.25, -0.2) is 8.78 Å². The molecule has 1 aliphatic heterocycles. The highest BCUT2D eigenvalue weighted by Gasteiger charge is 2.45. The van der Waals surface area contributed by atoms with Gasteiger partial charge in [0.15, 0.2) is 6.10 Å². The Morgan fingerprint density at radius 2 is 1.82 bits per heavy atom. The molecule has 7 nitrogen and oxygen atoms in total. The van der Waals surface area contributed by atoms with Gasteiger partial charge in [-0.2, -0.15) is 5.48 Å². The zero-order valence-corrected chi connectivity index (χ0v) is 20.6. The lowest BCUT2D eigenvalue weighted by atomic mass is 9.74. The van der Waals surface area contributed by atoms with Crippen LogP contribution in [0.2, 0.25) is 0 Å². The summed E-state index contributed by atoms with van der Waals surface area (Å²) in [7, 11) is 0. The molecule has 2 aliphatic carbocycles. The number of fused-ring (bicyclic) bond motifs is 1. The first-order valence-electron chi connectivity index (χ1n) is 12.7. The van der Waals surface area contributed by atoms with E-state index in [4.69, 9.17) is 4.84 Å². The van der Waals surface area contributed by atoms with E-state index in [0.717, 1.165) is 13.0 Å². The van der Waals surface area contributed by atoms with Crippen LogP contribution in [0.1, 0.15) is 66.2 Å². The van der Waals surface area contributed by atoms with Crippen LogP contribution in [0.25, 0.3) is 0 Å². The quantitative estimate of drug-likeness (QED) is 0.568. The summed E-state index contributed by atoms with van der Waals surface area (Å²) in [5.74, 6) is -0.174. The standard InChI is InChI=1S/C24H42F2N4O3/c1-5-29(16(4)31)9-10-30(6-2)19-12-17(25)11-18(13-19)27-24(32)22-14-20-21(26)8-7-15(3)23(20)28-33-22/h15,17-23,28H,5-14H2,1-4H3,(H,27,32). The number of nitrogens with one attached hydrogen (secondary N) is 2. The highest BCUT2D eigenvalue weighted by molar-refractivity contribution is 5.81. The molecule has 0 spiro atoms. The molecule has 0 radical (unpaired) electrons. The molecule has 190 valence electrons. The number of nitrogens with zero attached hydrogens (tertiary/aromatic N) is 2. The summed E-state index contributed by atoms with van der Waals surface area (Å²) in [4.78, 5) is 34.3. The molecule has 0 aromatic rings. The second-order valence-corrected chi connectivity index (χ2v) is 10.1. The Morgan fingerprint density at radius 1 is 1.06 bits per heavy atom. The monoisotopic (exact) mass is 472 g/mol. The highest BCUT2D eigenvalue weighted by Crippen LogP contribution is 2.37. The predicted octanol–water partition coefficient (Wildman–Crippen LogP) is 2.60. The molecule has 0 aromatic carbocycles. The minimum atomic E-state index is -0.998. The zero-order chi connectivity index (χ0) is 24.1. The van der Waals surface area contributed by atoms with Crippen LogP contribution < -0.4 is 10.8 Å².